The number of ether oxygens (including phenoxy) is 1. The average Bonchev–Trinajstić information content (AvgIpc) is 2.67. The number of halogens is 2. The van der Waals surface area contributed by atoms with Crippen LogP contribution >= 0.6 is 11.6 Å². The van der Waals surface area contributed by atoms with Gasteiger partial charge in [-0.15, -0.1) is 0 Å². The Bertz CT molecular complexity index is 952. The number of anilines is 2. The first kappa shape index (κ1) is 18.6. The summed E-state index contributed by atoms with van der Waals surface area (Å²) in [6, 6.07) is 9.51. The number of likely N-dealkylation sites (N-methyl/N-ethyl adjacent to an activating group) is 1. The molecule has 0 aromatic heterocycles. The molecular formula is C20H19ClFN3O3. The van der Waals surface area contributed by atoms with Gasteiger partial charge in [-0.05, 0) is 29.8 Å². The Labute approximate surface area is 167 Å². The second-order valence-electron chi connectivity index (χ2n) is 6.81. The minimum absolute atomic E-state index is 0.160. The third kappa shape index (κ3) is 3.26. The number of rotatable bonds is 3. The smallest absolute Gasteiger partial charge is 0.316 e. The molecule has 2 aromatic carbocycles. The number of para-hydroxylation sites is 1. The van der Waals surface area contributed by atoms with Crippen LogP contribution in [0.3, 0.4) is 0 Å². The molecule has 0 unspecified atom stereocenters. The molecule has 2 aliphatic rings. The van der Waals surface area contributed by atoms with E-state index in [0.29, 0.717) is 43.2 Å². The van der Waals surface area contributed by atoms with Gasteiger partial charge >= 0.3 is 11.8 Å². The first-order chi connectivity index (χ1) is 13.5. The summed E-state index contributed by atoms with van der Waals surface area (Å²) in [6.45, 7) is 2.15. The fourth-order valence-corrected chi connectivity index (χ4v) is 3.77. The van der Waals surface area contributed by atoms with Crippen molar-refractivity contribution >= 4 is 34.8 Å². The van der Waals surface area contributed by atoms with Gasteiger partial charge in [0.2, 0.25) is 0 Å². The van der Waals surface area contributed by atoms with Gasteiger partial charge in [-0.1, -0.05) is 23.7 Å². The second kappa shape index (κ2) is 7.31. The van der Waals surface area contributed by atoms with Crippen LogP contribution in [0.15, 0.2) is 36.4 Å². The molecule has 1 saturated heterocycles. The summed E-state index contributed by atoms with van der Waals surface area (Å²) in [5.74, 6) is -0.950. The summed E-state index contributed by atoms with van der Waals surface area (Å²) in [5.41, 5.74) is 2.07. The zero-order valence-electron chi connectivity index (χ0n) is 15.3. The minimum Gasteiger partial charge on any atom is -0.489 e. The lowest BCUT2D eigenvalue weighted by Gasteiger charge is -2.37. The maximum atomic E-state index is 13.2. The van der Waals surface area contributed by atoms with Crippen molar-refractivity contribution < 1.29 is 18.7 Å². The lowest BCUT2D eigenvalue weighted by molar-refractivity contribution is -0.146. The van der Waals surface area contributed by atoms with Gasteiger partial charge in [0.05, 0.1) is 12.2 Å². The molecule has 0 aliphatic carbocycles. The molecule has 0 spiro atoms. The minimum atomic E-state index is -0.608. The first-order valence-corrected chi connectivity index (χ1v) is 9.35. The molecule has 8 heteroatoms. The number of fused-ring (bicyclic) bond motifs is 1. The molecule has 0 bridgehead atoms. The zero-order valence-corrected chi connectivity index (χ0v) is 16.1. The summed E-state index contributed by atoms with van der Waals surface area (Å²) in [4.78, 5) is 30.5. The van der Waals surface area contributed by atoms with Gasteiger partial charge in [0.25, 0.3) is 0 Å². The molecule has 4 rings (SSSR count). The normalized spacial score (nSPS) is 16.9. The van der Waals surface area contributed by atoms with Gasteiger partial charge in [-0.25, -0.2) is 4.39 Å². The number of carbonyl (C=O) groups is 2. The predicted octanol–water partition coefficient (Wildman–Crippen LogP) is 2.68. The van der Waals surface area contributed by atoms with Gasteiger partial charge in [-0.3, -0.25) is 9.59 Å². The lowest BCUT2D eigenvalue weighted by Crippen LogP contribution is -2.54. The maximum Gasteiger partial charge on any atom is 0.316 e. The topological polar surface area (TPSA) is 53.1 Å². The van der Waals surface area contributed by atoms with Gasteiger partial charge in [0.1, 0.15) is 23.9 Å². The number of hydrogen-bond acceptors (Lipinski definition) is 4. The number of benzene rings is 2. The molecule has 0 saturated carbocycles. The Morgan fingerprint density at radius 2 is 1.93 bits per heavy atom. The van der Waals surface area contributed by atoms with Crippen molar-refractivity contribution in [2.75, 3.05) is 43.1 Å². The van der Waals surface area contributed by atoms with Crippen LogP contribution in [0.25, 0.3) is 0 Å². The third-order valence-corrected chi connectivity index (χ3v) is 5.37. The van der Waals surface area contributed by atoms with Crippen molar-refractivity contribution in [1.82, 2.24) is 4.90 Å². The molecule has 6 nitrogen and oxygen atoms in total. The summed E-state index contributed by atoms with van der Waals surface area (Å²) in [5, 5.41) is 0.235. The van der Waals surface area contributed by atoms with Crippen LogP contribution in [-0.4, -0.2) is 50.0 Å². The van der Waals surface area contributed by atoms with Crippen LogP contribution in [0.5, 0.6) is 5.75 Å². The van der Waals surface area contributed by atoms with Crippen molar-refractivity contribution in [3.63, 3.8) is 0 Å². The molecule has 146 valence electrons. The third-order valence-electron chi connectivity index (χ3n) is 5.02. The van der Waals surface area contributed by atoms with Crippen molar-refractivity contribution in [2.24, 2.45) is 0 Å². The maximum absolute atomic E-state index is 13.2. The van der Waals surface area contributed by atoms with E-state index in [1.807, 2.05) is 30.1 Å². The highest BCUT2D eigenvalue weighted by atomic mass is 35.5. The molecule has 0 radical (unpaired) electrons. The van der Waals surface area contributed by atoms with Gasteiger partial charge in [0, 0.05) is 31.7 Å². The Balaban J connectivity index is 1.57. The van der Waals surface area contributed by atoms with Crippen LogP contribution in [0.2, 0.25) is 5.02 Å². The fraction of sp³-hybridized carbons (Fsp3) is 0.300. The summed E-state index contributed by atoms with van der Waals surface area (Å²) in [6.07, 6.45) is 0. The van der Waals surface area contributed by atoms with Crippen LogP contribution in [0.4, 0.5) is 15.8 Å². The highest BCUT2D eigenvalue weighted by molar-refractivity contribution is 6.41. The summed E-state index contributed by atoms with van der Waals surface area (Å²) in [7, 11) is 1.93. The van der Waals surface area contributed by atoms with Gasteiger partial charge in [0.15, 0.2) is 0 Å². The van der Waals surface area contributed by atoms with E-state index < -0.39 is 17.6 Å². The summed E-state index contributed by atoms with van der Waals surface area (Å²) < 4.78 is 18.9. The van der Waals surface area contributed by atoms with E-state index in [1.54, 1.807) is 0 Å². The van der Waals surface area contributed by atoms with Crippen LogP contribution in [0, 0.1) is 5.82 Å². The van der Waals surface area contributed by atoms with E-state index in [2.05, 4.69) is 0 Å². The molecule has 2 aliphatic heterocycles. The molecule has 0 N–H and O–H groups in total. The quantitative estimate of drug-likeness (QED) is 0.739. The van der Waals surface area contributed by atoms with E-state index in [1.165, 1.54) is 28.0 Å². The number of carbonyl (C=O) groups excluding carboxylic acids is 2. The number of nitrogens with zero attached hydrogens (tertiary/aromatic N) is 3. The second-order valence-corrected chi connectivity index (χ2v) is 7.22. The van der Waals surface area contributed by atoms with E-state index in [9.17, 15) is 14.0 Å². The van der Waals surface area contributed by atoms with E-state index in [-0.39, 0.29) is 11.6 Å². The van der Waals surface area contributed by atoms with E-state index >= 15 is 0 Å². The largest absolute Gasteiger partial charge is 0.489 e. The lowest BCUT2D eigenvalue weighted by atomic mass is 10.1. The Kier molecular flexibility index (Phi) is 4.85. The Morgan fingerprint density at radius 3 is 2.71 bits per heavy atom. The molecule has 2 heterocycles. The van der Waals surface area contributed by atoms with Gasteiger partial charge < -0.3 is 19.4 Å². The van der Waals surface area contributed by atoms with E-state index in [4.69, 9.17) is 16.3 Å². The van der Waals surface area contributed by atoms with Crippen LogP contribution < -0.4 is 14.5 Å². The molecular weight excluding hydrogens is 385 g/mol. The number of amides is 2. The number of hydrogen-bond donors (Lipinski definition) is 0. The Morgan fingerprint density at radius 1 is 1.11 bits per heavy atom. The number of piperazine rings is 1. The molecule has 1 fully saturated rings. The highest BCUT2D eigenvalue weighted by Gasteiger charge is 2.36. The van der Waals surface area contributed by atoms with E-state index in [0.717, 1.165) is 5.69 Å². The standard InChI is InChI=1S/C20H19ClFN3O3/c1-23-9-10-28-17-4-2-3-16(18(17)23)25-8-7-24(19(26)20(25)27)12-13-5-6-14(22)11-15(13)21/h2-6,11H,7-10,12H2,1H3. The Hall–Kier alpha value is -2.80. The average molecular weight is 404 g/mol. The zero-order chi connectivity index (χ0) is 19.8. The molecule has 28 heavy (non-hydrogen) atoms. The SMILES string of the molecule is CN1CCOc2cccc(N3CCN(Cc4ccc(F)cc4Cl)C(=O)C3=O)c21. The van der Waals surface area contributed by atoms with Crippen molar-refractivity contribution in [2.45, 2.75) is 6.54 Å². The molecule has 0 atom stereocenters. The van der Waals surface area contributed by atoms with Crippen molar-refractivity contribution in [1.29, 1.82) is 0 Å². The monoisotopic (exact) mass is 403 g/mol. The molecule has 2 aromatic rings. The summed E-state index contributed by atoms with van der Waals surface area (Å²) >= 11 is 6.06. The van der Waals surface area contributed by atoms with Gasteiger partial charge in [-0.2, -0.15) is 0 Å². The van der Waals surface area contributed by atoms with Crippen LogP contribution in [0.1, 0.15) is 5.56 Å². The predicted molar refractivity (Wildman–Crippen MR) is 104 cm³/mol. The fourth-order valence-electron chi connectivity index (χ4n) is 3.54. The van der Waals surface area contributed by atoms with Crippen molar-refractivity contribution in [3.05, 3.63) is 52.8 Å². The molecule has 2 amide bonds. The highest BCUT2D eigenvalue weighted by Crippen LogP contribution is 2.40. The first-order valence-electron chi connectivity index (χ1n) is 8.97. The van der Waals surface area contributed by atoms with Crippen LogP contribution in [-0.2, 0) is 16.1 Å². The van der Waals surface area contributed by atoms with Crippen molar-refractivity contribution in [3.8, 4) is 5.75 Å².